The lowest BCUT2D eigenvalue weighted by atomic mass is 10.1. The Labute approximate surface area is 140 Å². The first-order valence-electron chi connectivity index (χ1n) is 7.66. The van der Waals surface area contributed by atoms with Crippen LogP contribution in [0.4, 0.5) is 0 Å². The summed E-state index contributed by atoms with van der Waals surface area (Å²) < 4.78 is 1.88. The van der Waals surface area contributed by atoms with Gasteiger partial charge in [-0.3, -0.25) is 9.48 Å². The van der Waals surface area contributed by atoms with Crippen LogP contribution in [0.1, 0.15) is 65.8 Å². The Morgan fingerprint density at radius 3 is 2.42 bits per heavy atom. The number of hydrogen-bond acceptors (Lipinski definition) is 4. The van der Waals surface area contributed by atoms with Crippen molar-refractivity contribution in [2.45, 2.75) is 46.2 Å². The average molecular weight is 330 g/mol. The van der Waals surface area contributed by atoms with Gasteiger partial charge in [0, 0.05) is 18.0 Å². The summed E-state index contributed by atoms with van der Waals surface area (Å²) in [7, 11) is 0. The van der Waals surface area contributed by atoms with Gasteiger partial charge >= 0.3 is 5.97 Å². The minimum Gasteiger partial charge on any atom is -0.477 e. The predicted molar refractivity (Wildman–Crippen MR) is 89.0 cm³/mol. The summed E-state index contributed by atoms with van der Waals surface area (Å²) in [6.07, 6.45) is 3.20. The van der Waals surface area contributed by atoms with Gasteiger partial charge in [0.15, 0.2) is 0 Å². The molecule has 0 aliphatic heterocycles. The highest BCUT2D eigenvalue weighted by atomic mass is 16.4. The fourth-order valence-corrected chi connectivity index (χ4v) is 2.25. The quantitative estimate of drug-likeness (QED) is 0.898. The van der Waals surface area contributed by atoms with Crippen LogP contribution >= 0.6 is 0 Å². The molecular weight excluding hydrogens is 308 g/mol. The molecule has 7 nitrogen and oxygen atoms in total. The van der Waals surface area contributed by atoms with Crippen molar-refractivity contribution >= 4 is 11.9 Å². The maximum atomic E-state index is 12.3. The van der Waals surface area contributed by atoms with Gasteiger partial charge in [-0.15, -0.1) is 0 Å². The van der Waals surface area contributed by atoms with Crippen LogP contribution in [-0.2, 0) is 5.54 Å². The van der Waals surface area contributed by atoms with Crippen molar-refractivity contribution in [3.05, 3.63) is 47.0 Å². The summed E-state index contributed by atoms with van der Waals surface area (Å²) in [5.41, 5.74) is 1.88. The molecule has 0 saturated carbocycles. The maximum absolute atomic E-state index is 12.3. The number of nitrogens with zero attached hydrogens (tertiary/aromatic N) is 3. The fourth-order valence-electron chi connectivity index (χ4n) is 2.25. The second-order valence-electron chi connectivity index (χ2n) is 6.72. The van der Waals surface area contributed by atoms with Crippen LogP contribution in [0.5, 0.6) is 0 Å². The Bertz CT molecular complexity index is 757. The summed E-state index contributed by atoms with van der Waals surface area (Å²) in [6, 6.07) is 2.53. The molecule has 1 amide bonds. The van der Waals surface area contributed by atoms with E-state index >= 15 is 0 Å². The Hall–Kier alpha value is -2.70. The molecule has 0 spiro atoms. The van der Waals surface area contributed by atoms with Crippen LogP contribution in [-0.4, -0.2) is 31.7 Å². The first-order valence-corrected chi connectivity index (χ1v) is 7.66. The van der Waals surface area contributed by atoms with Crippen molar-refractivity contribution in [3.63, 3.8) is 0 Å². The third-order valence-electron chi connectivity index (χ3n) is 3.68. The molecule has 2 N–H and O–H groups in total. The topological polar surface area (TPSA) is 97.1 Å². The van der Waals surface area contributed by atoms with E-state index in [2.05, 4.69) is 36.2 Å². The Kier molecular flexibility index (Phi) is 4.73. The third-order valence-corrected chi connectivity index (χ3v) is 3.68. The number of hydrogen-bond donors (Lipinski definition) is 2. The number of carboxylic acids is 1. The van der Waals surface area contributed by atoms with E-state index in [1.807, 2.05) is 24.7 Å². The third kappa shape index (κ3) is 3.79. The van der Waals surface area contributed by atoms with Gasteiger partial charge in [0.05, 0.1) is 22.8 Å². The Morgan fingerprint density at radius 2 is 1.96 bits per heavy atom. The van der Waals surface area contributed by atoms with Gasteiger partial charge in [-0.2, -0.15) is 5.10 Å². The number of pyridine rings is 1. The van der Waals surface area contributed by atoms with E-state index in [4.69, 9.17) is 5.11 Å². The molecule has 0 aliphatic carbocycles. The number of carboxylic acid groups (broad SMARTS) is 1. The zero-order chi connectivity index (χ0) is 18.1. The zero-order valence-corrected chi connectivity index (χ0v) is 14.5. The van der Waals surface area contributed by atoms with Crippen molar-refractivity contribution in [1.29, 1.82) is 0 Å². The van der Waals surface area contributed by atoms with Crippen molar-refractivity contribution < 1.29 is 14.7 Å². The molecule has 0 aromatic carbocycles. The fraction of sp³-hybridized carbons (Fsp3) is 0.412. The monoisotopic (exact) mass is 330 g/mol. The number of nitrogens with one attached hydrogen (secondary N) is 1. The largest absolute Gasteiger partial charge is 0.477 e. The van der Waals surface area contributed by atoms with Crippen molar-refractivity contribution in [1.82, 2.24) is 20.1 Å². The molecule has 0 radical (unpaired) electrons. The maximum Gasteiger partial charge on any atom is 0.354 e. The molecule has 2 aromatic rings. The number of aromatic nitrogens is 3. The number of carbonyl (C=O) groups excluding carboxylic acids is 1. The summed E-state index contributed by atoms with van der Waals surface area (Å²) in [5.74, 6) is -1.43. The van der Waals surface area contributed by atoms with Gasteiger partial charge in [-0.1, -0.05) is 0 Å². The Morgan fingerprint density at radius 1 is 1.29 bits per heavy atom. The molecule has 24 heavy (non-hydrogen) atoms. The second kappa shape index (κ2) is 6.43. The van der Waals surface area contributed by atoms with Crippen molar-refractivity contribution in [2.24, 2.45) is 0 Å². The van der Waals surface area contributed by atoms with Crippen LogP contribution < -0.4 is 5.32 Å². The lowest BCUT2D eigenvalue weighted by molar-refractivity contribution is 0.0689. The van der Waals surface area contributed by atoms with Crippen LogP contribution in [0.15, 0.2) is 24.5 Å². The summed E-state index contributed by atoms with van der Waals surface area (Å²) in [6.45, 7) is 9.96. The SMILES string of the molecule is Cc1nn(C(C)(C)C)cc1C(C)NC(=O)c1ccc(C(=O)O)nc1. The average Bonchev–Trinajstić information content (AvgIpc) is 2.89. The van der Waals surface area contributed by atoms with E-state index < -0.39 is 5.97 Å². The first kappa shape index (κ1) is 17.7. The minimum atomic E-state index is -1.12. The highest BCUT2D eigenvalue weighted by Crippen LogP contribution is 2.21. The van der Waals surface area contributed by atoms with E-state index in [0.717, 1.165) is 11.3 Å². The van der Waals surface area contributed by atoms with Gasteiger partial charge in [-0.25, -0.2) is 9.78 Å². The molecule has 0 saturated heterocycles. The first-order chi connectivity index (χ1) is 11.1. The number of aromatic carboxylic acids is 1. The zero-order valence-electron chi connectivity index (χ0n) is 14.5. The number of carbonyl (C=O) groups is 2. The van der Waals surface area contributed by atoms with E-state index in [-0.39, 0.29) is 23.2 Å². The summed E-state index contributed by atoms with van der Waals surface area (Å²) in [5, 5.41) is 16.2. The molecule has 0 aliphatic rings. The molecule has 2 rings (SSSR count). The summed E-state index contributed by atoms with van der Waals surface area (Å²) >= 11 is 0. The standard InChI is InChI=1S/C17H22N4O3/c1-10(13-9-21(17(3,4)5)20-11(13)2)19-15(22)12-6-7-14(16(23)24)18-8-12/h6-10H,1-5H3,(H,19,22)(H,23,24). The van der Waals surface area contributed by atoms with Crippen LogP contribution in [0, 0.1) is 6.92 Å². The summed E-state index contributed by atoms with van der Waals surface area (Å²) in [4.78, 5) is 26.8. The number of rotatable bonds is 4. The molecule has 0 bridgehead atoms. The van der Waals surface area contributed by atoms with Gasteiger partial charge in [-0.05, 0) is 46.8 Å². The molecule has 2 aromatic heterocycles. The van der Waals surface area contributed by atoms with E-state index in [1.165, 1.54) is 18.3 Å². The van der Waals surface area contributed by atoms with Crippen LogP contribution in [0.2, 0.25) is 0 Å². The van der Waals surface area contributed by atoms with E-state index in [1.54, 1.807) is 0 Å². The normalized spacial score (nSPS) is 12.7. The highest BCUT2D eigenvalue weighted by molar-refractivity contribution is 5.95. The van der Waals surface area contributed by atoms with Crippen molar-refractivity contribution in [2.75, 3.05) is 0 Å². The molecule has 128 valence electrons. The van der Waals surface area contributed by atoms with Gasteiger partial charge in [0.25, 0.3) is 5.91 Å². The predicted octanol–water partition coefficient (Wildman–Crippen LogP) is 2.53. The Balaban J connectivity index is 2.14. The van der Waals surface area contributed by atoms with E-state index in [0.29, 0.717) is 5.56 Å². The molecule has 7 heteroatoms. The van der Waals surface area contributed by atoms with Crippen molar-refractivity contribution in [3.8, 4) is 0 Å². The van der Waals surface area contributed by atoms with Gasteiger partial charge in [0.2, 0.25) is 0 Å². The number of amides is 1. The van der Waals surface area contributed by atoms with Gasteiger partial charge < -0.3 is 10.4 Å². The molecule has 1 atom stereocenters. The lowest BCUT2D eigenvalue weighted by Crippen LogP contribution is -2.27. The molecule has 0 fully saturated rings. The number of aryl methyl sites for hydroxylation is 1. The van der Waals surface area contributed by atoms with Gasteiger partial charge in [0.1, 0.15) is 5.69 Å². The molecule has 1 unspecified atom stereocenters. The smallest absolute Gasteiger partial charge is 0.354 e. The molecule has 2 heterocycles. The van der Waals surface area contributed by atoms with Crippen LogP contribution in [0.3, 0.4) is 0 Å². The molecular formula is C17H22N4O3. The lowest BCUT2D eigenvalue weighted by Gasteiger charge is -2.19. The highest BCUT2D eigenvalue weighted by Gasteiger charge is 2.20. The minimum absolute atomic E-state index is 0.0955. The van der Waals surface area contributed by atoms with Crippen LogP contribution in [0.25, 0.3) is 0 Å². The second-order valence-corrected chi connectivity index (χ2v) is 6.72. The van der Waals surface area contributed by atoms with E-state index in [9.17, 15) is 9.59 Å².